The topological polar surface area (TPSA) is 63.4 Å². The first-order valence-corrected chi connectivity index (χ1v) is 9.61. The van der Waals surface area contributed by atoms with Gasteiger partial charge in [-0.3, -0.25) is 9.59 Å². The number of rotatable bonds is 7. The van der Waals surface area contributed by atoms with Gasteiger partial charge in [0.25, 0.3) is 5.91 Å². The number of hydrogen-bond donors (Lipinski definition) is 1. The number of carbonyl (C=O) groups excluding carboxylic acids is 2. The maximum Gasteiger partial charge on any atom is 0.255 e. The molecule has 0 fully saturated rings. The van der Waals surface area contributed by atoms with Gasteiger partial charge in [0, 0.05) is 23.4 Å². The monoisotopic (exact) mass is 360 g/mol. The summed E-state index contributed by atoms with van der Waals surface area (Å²) in [6.45, 7) is 0.530. The molecule has 126 valence electrons. The molecule has 6 heteroatoms. The largest absolute Gasteiger partial charge is 0.369 e. The molecule has 2 rings (SSSR count). The molecule has 4 nitrogen and oxygen atoms in total. The fourth-order valence-corrected chi connectivity index (χ4v) is 3.39. The molecule has 0 saturated carbocycles. The van der Waals surface area contributed by atoms with Crippen molar-refractivity contribution in [2.45, 2.75) is 16.3 Å². The molecular weight excluding hydrogens is 340 g/mol. The van der Waals surface area contributed by atoms with Gasteiger partial charge in [-0.1, -0.05) is 24.3 Å². The van der Waals surface area contributed by atoms with E-state index in [1.54, 1.807) is 29.8 Å². The molecule has 0 aromatic heterocycles. The van der Waals surface area contributed by atoms with Gasteiger partial charge in [0.2, 0.25) is 5.91 Å². The Labute approximate surface area is 150 Å². The van der Waals surface area contributed by atoms with Crippen molar-refractivity contribution in [1.82, 2.24) is 4.90 Å². The molecule has 2 N–H and O–H groups in total. The average Bonchev–Trinajstić information content (AvgIpc) is 2.60. The third-order valence-corrected chi connectivity index (χ3v) is 5.25. The highest BCUT2D eigenvalue weighted by atomic mass is 32.2. The molecule has 24 heavy (non-hydrogen) atoms. The average molecular weight is 361 g/mol. The van der Waals surface area contributed by atoms with Crippen molar-refractivity contribution >= 4 is 35.3 Å². The highest BCUT2D eigenvalue weighted by Crippen LogP contribution is 2.24. The van der Waals surface area contributed by atoms with Crippen molar-refractivity contribution in [1.29, 1.82) is 0 Å². The molecule has 2 aromatic carbocycles. The van der Waals surface area contributed by atoms with Crippen LogP contribution in [0.3, 0.4) is 0 Å². The van der Waals surface area contributed by atoms with Gasteiger partial charge in [0.1, 0.15) is 0 Å². The van der Waals surface area contributed by atoms with Crippen LogP contribution in [0.1, 0.15) is 15.9 Å². The Morgan fingerprint density at radius 3 is 2.38 bits per heavy atom. The quantitative estimate of drug-likeness (QED) is 0.770. The Morgan fingerprint density at radius 2 is 1.75 bits per heavy atom. The molecule has 0 spiro atoms. The molecule has 0 aliphatic rings. The van der Waals surface area contributed by atoms with E-state index < -0.39 is 5.91 Å². The number of nitrogens with two attached hydrogens (primary N) is 1. The summed E-state index contributed by atoms with van der Waals surface area (Å²) in [5, 5.41) is 0. The summed E-state index contributed by atoms with van der Waals surface area (Å²) in [4.78, 5) is 27.4. The van der Waals surface area contributed by atoms with Crippen LogP contribution in [-0.4, -0.2) is 35.8 Å². The van der Waals surface area contributed by atoms with Crippen molar-refractivity contribution in [3.8, 4) is 0 Å². The van der Waals surface area contributed by atoms with Gasteiger partial charge in [-0.2, -0.15) is 0 Å². The standard InChI is InChI=1S/C18H20N2O2S2/c1-20(11-13-7-9-14(23-2)10-8-13)18(22)15-5-3-4-6-16(15)24-12-17(19)21/h3-10H,11-12H2,1-2H3,(H2,19,21). The highest BCUT2D eigenvalue weighted by Gasteiger charge is 2.16. The fraction of sp³-hybridized carbons (Fsp3) is 0.222. The lowest BCUT2D eigenvalue weighted by molar-refractivity contribution is -0.115. The normalized spacial score (nSPS) is 10.4. The number of thioether (sulfide) groups is 2. The van der Waals surface area contributed by atoms with Crippen molar-refractivity contribution in [3.05, 3.63) is 59.7 Å². The lowest BCUT2D eigenvalue weighted by Crippen LogP contribution is -2.26. The molecule has 0 saturated heterocycles. The molecule has 0 aliphatic heterocycles. The van der Waals surface area contributed by atoms with E-state index in [0.717, 1.165) is 10.5 Å². The van der Waals surface area contributed by atoms with Crippen LogP contribution in [0.2, 0.25) is 0 Å². The Bertz CT molecular complexity index is 717. The fourth-order valence-electron chi connectivity index (χ4n) is 2.20. The van der Waals surface area contributed by atoms with Gasteiger partial charge in [0.15, 0.2) is 0 Å². The highest BCUT2D eigenvalue weighted by molar-refractivity contribution is 8.00. The third-order valence-electron chi connectivity index (χ3n) is 3.41. The zero-order valence-electron chi connectivity index (χ0n) is 13.7. The molecular formula is C18H20N2O2S2. The van der Waals surface area contributed by atoms with Crippen LogP contribution in [0.25, 0.3) is 0 Å². The first-order chi connectivity index (χ1) is 11.5. The van der Waals surface area contributed by atoms with Crippen LogP contribution in [0.4, 0.5) is 0 Å². The summed E-state index contributed by atoms with van der Waals surface area (Å²) in [7, 11) is 1.78. The minimum atomic E-state index is -0.399. The van der Waals surface area contributed by atoms with E-state index in [9.17, 15) is 9.59 Å². The summed E-state index contributed by atoms with van der Waals surface area (Å²) in [6, 6.07) is 15.4. The van der Waals surface area contributed by atoms with Crippen molar-refractivity contribution < 1.29 is 9.59 Å². The van der Waals surface area contributed by atoms with E-state index in [1.807, 2.05) is 36.6 Å². The maximum atomic E-state index is 12.7. The van der Waals surface area contributed by atoms with Crippen LogP contribution in [0.15, 0.2) is 58.3 Å². The SMILES string of the molecule is CSc1ccc(CN(C)C(=O)c2ccccc2SCC(N)=O)cc1. The van der Waals surface area contributed by atoms with E-state index >= 15 is 0 Å². The predicted molar refractivity (Wildman–Crippen MR) is 100 cm³/mol. The van der Waals surface area contributed by atoms with Crippen LogP contribution in [0.5, 0.6) is 0 Å². The Hall–Kier alpha value is -1.92. The van der Waals surface area contributed by atoms with Crippen molar-refractivity contribution in [2.24, 2.45) is 5.73 Å². The van der Waals surface area contributed by atoms with E-state index in [2.05, 4.69) is 12.1 Å². The number of hydrogen-bond acceptors (Lipinski definition) is 4. The van der Waals surface area contributed by atoms with Gasteiger partial charge in [0.05, 0.1) is 11.3 Å². The number of nitrogens with zero attached hydrogens (tertiary/aromatic N) is 1. The van der Waals surface area contributed by atoms with Gasteiger partial charge < -0.3 is 10.6 Å². The zero-order valence-corrected chi connectivity index (χ0v) is 15.3. The summed E-state index contributed by atoms with van der Waals surface area (Å²) in [5.41, 5.74) is 6.86. The van der Waals surface area contributed by atoms with Gasteiger partial charge in [-0.05, 0) is 36.1 Å². The van der Waals surface area contributed by atoms with Crippen LogP contribution in [-0.2, 0) is 11.3 Å². The molecule has 2 amide bonds. The van der Waals surface area contributed by atoms with Crippen molar-refractivity contribution in [3.63, 3.8) is 0 Å². The van der Waals surface area contributed by atoms with Crippen LogP contribution in [0, 0.1) is 0 Å². The second-order valence-corrected chi connectivity index (χ2v) is 7.16. The molecule has 0 heterocycles. The van der Waals surface area contributed by atoms with E-state index in [0.29, 0.717) is 12.1 Å². The predicted octanol–water partition coefficient (Wildman–Crippen LogP) is 3.26. The molecule has 0 bridgehead atoms. The first kappa shape index (κ1) is 18.4. The molecule has 0 radical (unpaired) electrons. The molecule has 0 atom stereocenters. The van der Waals surface area contributed by atoms with E-state index in [4.69, 9.17) is 5.73 Å². The molecule has 2 aromatic rings. The van der Waals surface area contributed by atoms with E-state index in [1.165, 1.54) is 16.7 Å². The zero-order chi connectivity index (χ0) is 17.5. The number of primary amides is 1. The van der Waals surface area contributed by atoms with Crippen LogP contribution >= 0.6 is 23.5 Å². The Kier molecular flexibility index (Phi) is 6.75. The third kappa shape index (κ3) is 5.04. The summed E-state index contributed by atoms with van der Waals surface area (Å²) in [6.07, 6.45) is 2.03. The molecule has 0 aliphatic carbocycles. The Morgan fingerprint density at radius 1 is 1.08 bits per heavy atom. The van der Waals surface area contributed by atoms with Gasteiger partial charge in [-0.15, -0.1) is 23.5 Å². The lowest BCUT2D eigenvalue weighted by Gasteiger charge is -2.19. The number of carbonyl (C=O) groups is 2. The maximum absolute atomic E-state index is 12.7. The second kappa shape index (κ2) is 8.80. The number of benzene rings is 2. The minimum Gasteiger partial charge on any atom is -0.369 e. The summed E-state index contributed by atoms with van der Waals surface area (Å²) >= 11 is 2.98. The van der Waals surface area contributed by atoms with E-state index in [-0.39, 0.29) is 11.7 Å². The molecule has 0 unspecified atom stereocenters. The van der Waals surface area contributed by atoms with Crippen molar-refractivity contribution in [2.75, 3.05) is 19.1 Å². The minimum absolute atomic E-state index is 0.0727. The second-order valence-electron chi connectivity index (χ2n) is 5.26. The first-order valence-electron chi connectivity index (χ1n) is 7.39. The lowest BCUT2D eigenvalue weighted by atomic mass is 10.1. The van der Waals surface area contributed by atoms with Gasteiger partial charge in [-0.25, -0.2) is 0 Å². The summed E-state index contributed by atoms with van der Waals surface area (Å²) < 4.78 is 0. The smallest absolute Gasteiger partial charge is 0.255 e. The Balaban J connectivity index is 2.10. The van der Waals surface area contributed by atoms with Crippen LogP contribution < -0.4 is 5.73 Å². The summed E-state index contributed by atoms with van der Waals surface area (Å²) in [5.74, 6) is -0.314. The van der Waals surface area contributed by atoms with Gasteiger partial charge >= 0.3 is 0 Å². The number of amides is 2.